The van der Waals surface area contributed by atoms with Crippen molar-refractivity contribution in [1.29, 1.82) is 0 Å². The molecule has 0 saturated carbocycles. The number of nitrogens with one attached hydrogen (secondary N) is 1. The lowest BCUT2D eigenvalue weighted by Crippen LogP contribution is -2.50. The summed E-state index contributed by atoms with van der Waals surface area (Å²) in [5, 5.41) is 3.20. The zero-order valence-electron chi connectivity index (χ0n) is 19.9. The number of hydrogen-bond donors (Lipinski definition) is 1. The van der Waals surface area contributed by atoms with Gasteiger partial charge >= 0.3 is 0 Å². The lowest BCUT2D eigenvalue weighted by atomic mass is 10.1. The predicted octanol–water partition coefficient (Wildman–Crippen LogP) is 2.67. The lowest BCUT2D eigenvalue weighted by Gasteiger charge is -2.35. The van der Waals surface area contributed by atoms with Crippen molar-refractivity contribution in [1.82, 2.24) is 29.7 Å². The predicted molar refractivity (Wildman–Crippen MR) is 129 cm³/mol. The van der Waals surface area contributed by atoms with Gasteiger partial charge in [-0.1, -0.05) is 44.2 Å². The Morgan fingerprint density at radius 3 is 2.45 bits per heavy atom. The van der Waals surface area contributed by atoms with E-state index < -0.39 is 0 Å². The van der Waals surface area contributed by atoms with E-state index in [0.29, 0.717) is 12.5 Å². The number of nitrogens with zero attached hydrogens (tertiary/aromatic N) is 6. The molecule has 1 unspecified atom stereocenters. The molecule has 1 amide bonds. The van der Waals surface area contributed by atoms with Crippen LogP contribution >= 0.6 is 0 Å². The molecule has 1 aliphatic rings. The second-order valence-corrected chi connectivity index (χ2v) is 8.95. The Hall–Kier alpha value is -3.26. The quantitative estimate of drug-likeness (QED) is 0.600. The monoisotopic (exact) mass is 447 g/mol. The van der Waals surface area contributed by atoms with Crippen LogP contribution in [0, 0.1) is 6.92 Å². The molecule has 0 aliphatic carbocycles. The largest absolute Gasteiger partial charge is 0.354 e. The van der Waals surface area contributed by atoms with Gasteiger partial charge in [-0.2, -0.15) is 0 Å². The first kappa shape index (κ1) is 22.9. The molecule has 1 fully saturated rings. The van der Waals surface area contributed by atoms with E-state index in [-0.39, 0.29) is 11.9 Å². The zero-order chi connectivity index (χ0) is 23.4. The Labute approximate surface area is 195 Å². The molecule has 1 saturated heterocycles. The van der Waals surface area contributed by atoms with Crippen LogP contribution in [0.5, 0.6) is 0 Å². The van der Waals surface area contributed by atoms with E-state index in [1.54, 1.807) is 6.20 Å². The summed E-state index contributed by atoms with van der Waals surface area (Å²) in [5.41, 5.74) is 2.01. The van der Waals surface area contributed by atoms with Gasteiger partial charge in [0.25, 0.3) is 0 Å². The standard InChI is InChI=1S/C25H33N7O/c1-18(2)24-27-19(3)16-21(28-24)32-14-12-31(13-15-32)17-22(33)29-23(20-8-6-5-7-9-20)25-26-10-11-30(25)4/h5-11,16,18,23H,12-15,17H2,1-4H3,(H,29,33). The summed E-state index contributed by atoms with van der Waals surface area (Å²) in [4.78, 5) is 31.3. The van der Waals surface area contributed by atoms with Crippen molar-refractivity contribution in [2.24, 2.45) is 7.05 Å². The van der Waals surface area contributed by atoms with Crippen LogP contribution in [0.1, 0.15) is 48.7 Å². The van der Waals surface area contributed by atoms with E-state index in [9.17, 15) is 4.79 Å². The summed E-state index contributed by atoms with van der Waals surface area (Å²) in [7, 11) is 1.95. The molecule has 174 valence electrons. The van der Waals surface area contributed by atoms with Gasteiger partial charge in [0.2, 0.25) is 5.91 Å². The average Bonchev–Trinajstić information content (AvgIpc) is 3.23. The maximum absolute atomic E-state index is 13.0. The number of amides is 1. The molecular weight excluding hydrogens is 414 g/mol. The minimum atomic E-state index is -0.279. The summed E-state index contributed by atoms with van der Waals surface area (Å²) in [6, 6.07) is 11.8. The Morgan fingerprint density at radius 1 is 1.09 bits per heavy atom. The van der Waals surface area contributed by atoms with Crippen molar-refractivity contribution in [2.75, 3.05) is 37.6 Å². The van der Waals surface area contributed by atoms with Crippen LogP contribution in [0.3, 0.4) is 0 Å². The Kier molecular flexibility index (Phi) is 7.03. The summed E-state index contributed by atoms with van der Waals surface area (Å²) in [5.74, 6) is 2.98. The number of anilines is 1. The van der Waals surface area contributed by atoms with Crippen molar-refractivity contribution in [3.05, 3.63) is 71.7 Å². The zero-order valence-corrected chi connectivity index (χ0v) is 19.9. The maximum atomic E-state index is 13.0. The molecule has 1 aliphatic heterocycles. The summed E-state index contributed by atoms with van der Waals surface area (Å²) < 4.78 is 1.95. The number of benzene rings is 1. The van der Waals surface area contributed by atoms with Gasteiger partial charge in [0, 0.05) is 63.3 Å². The first-order chi connectivity index (χ1) is 15.9. The van der Waals surface area contributed by atoms with Crippen molar-refractivity contribution in [3.8, 4) is 0 Å². The van der Waals surface area contributed by atoms with Crippen LogP contribution < -0.4 is 10.2 Å². The topological polar surface area (TPSA) is 79.2 Å². The van der Waals surface area contributed by atoms with Gasteiger partial charge in [-0.15, -0.1) is 0 Å². The summed E-state index contributed by atoms with van der Waals surface area (Å²) in [6.45, 7) is 9.90. The van der Waals surface area contributed by atoms with Crippen molar-refractivity contribution < 1.29 is 4.79 Å². The molecule has 1 atom stereocenters. The third kappa shape index (κ3) is 5.57. The van der Waals surface area contributed by atoms with Gasteiger partial charge in [0.05, 0.1) is 6.54 Å². The van der Waals surface area contributed by atoms with Crippen molar-refractivity contribution in [2.45, 2.75) is 32.7 Å². The number of aryl methyl sites for hydroxylation is 2. The summed E-state index contributed by atoms with van der Waals surface area (Å²) >= 11 is 0. The van der Waals surface area contributed by atoms with Crippen LogP contribution in [-0.4, -0.2) is 63.0 Å². The minimum Gasteiger partial charge on any atom is -0.354 e. The molecule has 0 bridgehead atoms. The van der Waals surface area contributed by atoms with Gasteiger partial charge in [-0.3, -0.25) is 9.69 Å². The molecule has 8 nitrogen and oxygen atoms in total. The third-order valence-electron chi connectivity index (χ3n) is 5.99. The normalized spacial score (nSPS) is 15.6. The highest BCUT2D eigenvalue weighted by atomic mass is 16.2. The number of hydrogen-bond acceptors (Lipinski definition) is 6. The molecule has 3 aromatic rings. The smallest absolute Gasteiger partial charge is 0.235 e. The second-order valence-electron chi connectivity index (χ2n) is 8.95. The fraction of sp³-hybridized carbons (Fsp3) is 0.440. The number of rotatable bonds is 7. The molecule has 0 radical (unpaired) electrons. The molecule has 0 spiro atoms. The fourth-order valence-corrected chi connectivity index (χ4v) is 4.14. The molecule has 1 aromatic carbocycles. The minimum absolute atomic E-state index is 0.000257. The van der Waals surface area contributed by atoms with E-state index in [1.807, 2.05) is 61.1 Å². The highest BCUT2D eigenvalue weighted by Crippen LogP contribution is 2.21. The first-order valence-corrected chi connectivity index (χ1v) is 11.5. The Morgan fingerprint density at radius 2 is 1.82 bits per heavy atom. The highest BCUT2D eigenvalue weighted by molar-refractivity contribution is 5.79. The fourth-order valence-electron chi connectivity index (χ4n) is 4.14. The maximum Gasteiger partial charge on any atom is 0.235 e. The Balaban J connectivity index is 1.37. The molecule has 8 heteroatoms. The van der Waals surface area contributed by atoms with Gasteiger partial charge in [-0.25, -0.2) is 15.0 Å². The van der Waals surface area contributed by atoms with E-state index in [4.69, 9.17) is 4.98 Å². The molecular formula is C25H33N7O. The number of piperazine rings is 1. The van der Waals surface area contributed by atoms with Gasteiger partial charge in [0.1, 0.15) is 23.5 Å². The van der Waals surface area contributed by atoms with Gasteiger partial charge < -0.3 is 14.8 Å². The molecule has 4 rings (SSSR count). The summed E-state index contributed by atoms with van der Waals surface area (Å²) in [6.07, 6.45) is 3.66. The molecule has 2 aromatic heterocycles. The van der Waals surface area contributed by atoms with E-state index >= 15 is 0 Å². The highest BCUT2D eigenvalue weighted by Gasteiger charge is 2.24. The third-order valence-corrected chi connectivity index (χ3v) is 5.99. The number of carbonyl (C=O) groups excluding carboxylic acids is 1. The second kappa shape index (κ2) is 10.1. The van der Waals surface area contributed by atoms with Gasteiger partial charge in [0.15, 0.2) is 0 Å². The van der Waals surface area contributed by atoms with Gasteiger partial charge in [-0.05, 0) is 12.5 Å². The average molecular weight is 448 g/mol. The lowest BCUT2D eigenvalue weighted by molar-refractivity contribution is -0.122. The van der Waals surface area contributed by atoms with Crippen LogP contribution in [0.15, 0.2) is 48.8 Å². The number of carbonyl (C=O) groups is 1. The molecule has 33 heavy (non-hydrogen) atoms. The van der Waals surface area contributed by atoms with Crippen LogP contribution in [0.25, 0.3) is 0 Å². The molecule has 1 N–H and O–H groups in total. The number of aromatic nitrogens is 4. The van der Waals surface area contributed by atoms with Crippen molar-refractivity contribution in [3.63, 3.8) is 0 Å². The van der Waals surface area contributed by atoms with E-state index in [0.717, 1.165) is 54.9 Å². The van der Waals surface area contributed by atoms with Crippen LogP contribution in [0.2, 0.25) is 0 Å². The SMILES string of the molecule is Cc1cc(N2CCN(CC(=O)NC(c3ccccc3)c3nccn3C)CC2)nc(C(C)C)n1. The van der Waals surface area contributed by atoms with E-state index in [1.165, 1.54) is 0 Å². The van der Waals surface area contributed by atoms with Crippen LogP contribution in [-0.2, 0) is 11.8 Å². The number of imidazole rings is 1. The van der Waals surface area contributed by atoms with E-state index in [2.05, 4.69) is 38.9 Å². The van der Waals surface area contributed by atoms with Crippen molar-refractivity contribution >= 4 is 11.7 Å². The van der Waals surface area contributed by atoms with Crippen LogP contribution in [0.4, 0.5) is 5.82 Å². The first-order valence-electron chi connectivity index (χ1n) is 11.5. The Bertz CT molecular complexity index is 1070. The molecule has 3 heterocycles.